The summed E-state index contributed by atoms with van der Waals surface area (Å²) in [5.74, 6) is -2.38. The molecular weight excluding hydrogens is 332 g/mol. The Hall–Kier alpha value is -3.47. The number of ketones is 1. The van der Waals surface area contributed by atoms with Gasteiger partial charge in [-0.3, -0.25) is 4.79 Å². The first kappa shape index (κ1) is 17.4. The molecule has 0 aliphatic heterocycles. The molecule has 0 aromatic heterocycles. The van der Waals surface area contributed by atoms with Crippen molar-refractivity contribution in [1.29, 1.82) is 0 Å². The third-order valence-electron chi connectivity index (χ3n) is 4.23. The number of aromatic hydroxyl groups is 4. The molecule has 3 aromatic rings. The van der Waals surface area contributed by atoms with Crippen LogP contribution in [0.2, 0.25) is 0 Å². The zero-order chi connectivity index (χ0) is 18.8. The number of carbonyl (C=O) groups excluding carboxylic acids is 1. The molecule has 0 aliphatic rings. The average Bonchev–Trinajstić information content (AvgIpc) is 2.64. The molecule has 3 aromatic carbocycles. The van der Waals surface area contributed by atoms with Crippen LogP contribution in [0.5, 0.6) is 23.0 Å². The number of rotatable bonds is 4. The van der Waals surface area contributed by atoms with Crippen molar-refractivity contribution in [3.05, 3.63) is 82.4 Å². The number of carbonyl (C=O) groups is 1. The van der Waals surface area contributed by atoms with Crippen molar-refractivity contribution in [3.63, 3.8) is 0 Å². The summed E-state index contributed by atoms with van der Waals surface area (Å²) in [6.45, 7) is 1.84. The fraction of sp³-hybridized carbons (Fsp3) is 0.0952. The fourth-order valence-electron chi connectivity index (χ4n) is 2.78. The number of phenolic OH excluding ortho intramolecular Hbond substituents is 4. The number of benzene rings is 3. The van der Waals surface area contributed by atoms with Gasteiger partial charge in [0.25, 0.3) is 0 Å². The van der Waals surface area contributed by atoms with Crippen LogP contribution in [0.25, 0.3) is 0 Å². The first-order valence-electron chi connectivity index (χ1n) is 8.03. The second-order valence-electron chi connectivity index (χ2n) is 6.13. The third-order valence-corrected chi connectivity index (χ3v) is 4.23. The van der Waals surface area contributed by atoms with Crippen LogP contribution in [0.3, 0.4) is 0 Å². The molecule has 0 saturated heterocycles. The van der Waals surface area contributed by atoms with Crippen LogP contribution < -0.4 is 0 Å². The van der Waals surface area contributed by atoms with Crippen molar-refractivity contribution in [2.75, 3.05) is 0 Å². The van der Waals surface area contributed by atoms with E-state index in [0.29, 0.717) is 11.1 Å². The molecule has 3 rings (SSSR count). The lowest BCUT2D eigenvalue weighted by atomic mass is 9.95. The van der Waals surface area contributed by atoms with Gasteiger partial charge in [-0.2, -0.15) is 0 Å². The second kappa shape index (κ2) is 6.80. The van der Waals surface area contributed by atoms with Crippen LogP contribution in [-0.4, -0.2) is 26.2 Å². The lowest BCUT2D eigenvalue weighted by Crippen LogP contribution is -2.03. The van der Waals surface area contributed by atoms with E-state index >= 15 is 0 Å². The Labute approximate surface area is 150 Å². The minimum Gasteiger partial charge on any atom is -0.508 e. The number of hydrogen-bond donors (Lipinski definition) is 4. The van der Waals surface area contributed by atoms with Gasteiger partial charge in [-0.1, -0.05) is 42.5 Å². The predicted octanol–water partition coefficient (Wildman–Crippen LogP) is 3.64. The van der Waals surface area contributed by atoms with E-state index in [-0.39, 0.29) is 23.3 Å². The Morgan fingerprint density at radius 2 is 1.50 bits per heavy atom. The Morgan fingerprint density at radius 1 is 0.808 bits per heavy atom. The molecule has 0 fully saturated rings. The highest BCUT2D eigenvalue weighted by molar-refractivity contribution is 6.11. The molecule has 26 heavy (non-hydrogen) atoms. The van der Waals surface area contributed by atoms with Crippen LogP contribution in [0.4, 0.5) is 0 Å². The summed E-state index contributed by atoms with van der Waals surface area (Å²) >= 11 is 0. The summed E-state index contributed by atoms with van der Waals surface area (Å²) in [6, 6.07) is 14.8. The van der Waals surface area contributed by atoms with Crippen molar-refractivity contribution < 1.29 is 25.2 Å². The third kappa shape index (κ3) is 3.19. The van der Waals surface area contributed by atoms with E-state index in [1.165, 1.54) is 6.07 Å². The lowest BCUT2D eigenvalue weighted by molar-refractivity contribution is 0.103. The monoisotopic (exact) mass is 350 g/mol. The molecule has 0 saturated carbocycles. The first-order chi connectivity index (χ1) is 12.4. The Balaban J connectivity index is 2.07. The van der Waals surface area contributed by atoms with Crippen LogP contribution >= 0.6 is 0 Å². The summed E-state index contributed by atoms with van der Waals surface area (Å²) in [5.41, 5.74) is 1.85. The number of hydrogen-bond acceptors (Lipinski definition) is 5. The molecule has 5 heteroatoms. The van der Waals surface area contributed by atoms with E-state index < -0.39 is 23.0 Å². The molecule has 4 N–H and O–H groups in total. The van der Waals surface area contributed by atoms with E-state index in [0.717, 1.165) is 5.56 Å². The van der Waals surface area contributed by atoms with Gasteiger partial charge in [-0.05, 0) is 30.2 Å². The van der Waals surface area contributed by atoms with E-state index in [4.69, 9.17) is 0 Å². The molecule has 0 bridgehead atoms. The second-order valence-corrected chi connectivity index (χ2v) is 6.13. The van der Waals surface area contributed by atoms with Crippen LogP contribution in [0, 0.1) is 6.92 Å². The highest BCUT2D eigenvalue weighted by Gasteiger charge is 2.22. The van der Waals surface area contributed by atoms with E-state index in [2.05, 4.69) is 0 Å². The van der Waals surface area contributed by atoms with Gasteiger partial charge in [-0.25, -0.2) is 0 Å². The average molecular weight is 350 g/mol. The molecule has 0 spiro atoms. The molecule has 0 aliphatic carbocycles. The lowest BCUT2D eigenvalue weighted by Gasteiger charge is -2.13. The first-order valence-corrected chi connectivity index (χ1v) is 8.03. The highest BCUT2D eigenvalue weighted by atomic mass is 16.3. The molecule has 0 radical (unpaired) electrons. The van der Waals surface area contributed by atoms with E-state index in [1.807, 2.05) is 13.0 Å². The highest BCUT2D eigenvalue weighted by Crippen LogP contribution is 2.42. The largest absolute Gasteiger partial charge is 0.508 e. The quantitative estimate of drug-likeness (QED) is 0.425. The van der Waals surface area contributed by atoms with E-state index in [1.54, 1.807) is 42.5 Å². The van der Waals surface area contributed by atoms with Crippen molar-refractivity contribution in [2.45, 2.75) is 13.3 Å². The number of phenols is 4. The summed E-state index contributed by atoms with van der Waals surface area (Å²) < 4.78 is 0. The van der Waals surface area contributed by atoms with E-state index in [9.17, 15) is 25.2 Å². The maximum atomic E-state index is 12.6. The zero-order valence-corrected chi connectivity index (χ0v) is 14.1. The van der Waals surface area contributed by atoms with Gasteiger partial charge in [0, 0.05) is 17.5 Å². The standard InChI is InChI=1S/C21H18O5/c1-12-7-8-14(17(22)9-12)10-15-11-16(20(25)21(26)19(15)24)18(23)13-5-3-2-4-6-13/h2-9,11,22,24-26H,10H2,1H3. The summed E-state index contributed by atoms with van der Waals surface area (Å²) in [6.07, 6.45) is 0.0842. The zero-order valence-electron chi connectivity index (χ0n) is 14.1. The molecule has 0 amide bonds. The van der Waals surface area contributed by atoms with Crippen molar-refractivity contribution in [1.82, 2.24) is 0 Å². The number of aryl methyl sites for hydroxylation is 1. The molecule has 5 nitrogen and oxygen atoms in total. The SMILES string of the molecule is Cc1ccc(Cc2cc(C(=O)c3ccccc3)c(O)c(O)c2O)c(O)c1. The predicted molar refractivity (Wildman–Crippen MR) is 97.0 cm³/mol. The van der Waals surface area contributed by atoms with Crippen LogP contribution in [0.15, 0.2) is 54.6 Å². The summed E-state index contributed by atoms with van der Waals surface area (Å²) in [5, 5.41) is 40.4. The van der Waals surface area contributed by atoms with Crippen molar-refractivity contribution >= 4 is 5.78 Å². The normalized spacial score (nSPS) is 10.7. The molecule has 0 heterocycles. The molecule has 0 unspecified atom stereocenters. The molecule has 132 valence electrons. The Kier molecular flexibility index (Phi) is 4.54. The Morgan fingerprint density at radius 3 is 2.15 bits per heavy atom. The van der Waals surface area contributed by atoms with Gasteiger partial charge in [0.05, 0.1) is 5.56 Å². The molecular formula is C21H18O5. The molecule has 0 atom stereocenters. The van der Waals surface area contributed by atoms with Gasteiger partial charge < -0.3 is 20.4 Å². The topological polar surface area (TPSA) is 98.0 Å². The van der Waals surface area contributed by atoms with Gasteiger partial charge in [-0.15, -0.1) is 0 Å². The van der Waals surface area contributed by atoms with Gasteiger partial charge in [0.2, 0.25) is 5.75 Å². The van der Waals surface area contributed by atoms with Gasteiger partial charge in [0.1, 0.15) is 5.75 Å². The van der Waals surface area contributed by atoms with Gasteiger partial charge >= 0.3 is 0 Å². The summed E-state index contributed by atoms with van der Waals surface area (Å²) in [7, 11) is 0. The minimum absolute atomic E-state index is 0.0490. The van der Waals surface area contributed by atoms with Gasteiger partial charge in [0.15, 0.2) is 17.3 Å². The maximum Gasteiger partial charge on any atom is 0.201 e. The fourth-order valence-corrected chi connectivity index (χ4v) is 2.78. The maximum absolute atomic E-state index is 12.6. The smallest absolute Gasteiger partial charge is 0.201 e. The summed E-state index contributed by atoms with van der Waals surface area (Å²) in [4.78, 5) is 12.6. The Bertz CT molecular complexity index is 977. The van der Waals surface area contributed by atoms with Crippen molar-refractivity contribution in [3.8, 4) is 23.0 Å². The van der Waals surface area contributed by atoms with Crippen LogP contribution in [-0.2, 0) is 6.42 Å². The van der Waals surface area contributed by atoms with Crippen molar-refractivity contribution in [2.24, 2.45) is 0 Å². The minimum atomic E-state index is -0.756. The van der Waals surface area contributed by atoms with Crippen LogP contribution in [0.1, 0.15) is 32.6 Å².